The Bertz CT molecular complexity index is 534. The number of anilines is 1. The standard InChI is InChI=1S/C15H20N2O4/c1-2-17(13-8-21-9-14(13)18)15(19)16-12-4-3-10-6-20-7-11(10)5-12/h3-5,13-14,18H,2,6-9H2,1H3,(H,16,19)/t13-,14-/m1/s1. The number of aliphatic hydroxyl groups excluding tert-OH is 1. The van der Waals surface area contributed by atoms with E-state index < -0.39 is 6.10 Å². The van der Waals surface area contributed by atoms with Gasteiger partial charge in [0.15, 0.2) is 0 Å². The summed E-state index contributed by atoms with van der Waals surface area (Å²) in [6.45, 7) is 4.29. The monoisotopic (exact) mass is 292 g/mol. The molecule has 3 rings (SSSR count). The van der Waals surface area contributed by atoms with Gasteiger partial charge in [0, 0.05) is 12.2 Å². The van der Waals surface area contributed by atoms with Crippen LogP contribution in [-0.2, 0) is 22.7 Å². The van der Waals surface area contributed by atoms with E-state index >= 15 is 0 Å². The molecular weight excluding hydrogens is 272 g/mol. The number of benzene rings is 1. The van der Waals surface area contributed by atoms with Crippen LogP contribution in [0, 0.1) is 0 Å². The SMILES string of the molecule is CCN(C(=O)Nc1ccc2c(c1)COC2)[C@@H]1COC[C@H]1O. The maximum atomic E-state index is 12.4. The van der Waals surface area contributed by atoms with Crippen molar-refractivity contribution in [3.63, 3.8) is 0 Å². The molecule has 1 aromatic rings. The summed E-state index contributed by atoms with van der Waals surface area (Å²) in [6.07, 6.45) is -0.621. The predicted octanol–water partition coefficient (Wildman–Crippen LogP) is 1.33. The molecule has 0 spiro atoms. The number of nitrogens with zero attached hydrogens (tertiary/aromatic N) is 1. The highest BCUT2D eigenvalue weighted by atomic mass is 16.5. The second-order valence-electron chi connectivity index (χ2n) is 5.36. The second kappa shape index (κ2) is 6.01. The van der Waals surface area contributed by atoms with Crippen LogP contribution in [0.4, 0.5) is 10.5 Å². The Hall–Kier alpha value is -1.63. The topological polar surface area (TPSA) is 71.0 Å². The average molecular weight is 292 g/mol. The van der Waals surface area contributed by atoms with Crippen molar-refractivity contribution in [1.82, 2.24) is 4.90 Å². The van der Waals surface area contributed by atoms with Crippen LogP contribution >= 0.6 is 0 Å². The minimum atomic E-state index is -0.621. The van der Waals surface area contributed by atoms with E-state index in [0.717, 1.165) is 11.3 Å². The lowest BCUT2D eigenvalue weighted by Gasteiger charge is -2.28. The van der Waals surface area contributed by atoms with E-state index in [-0.39, 0.29) is 18.7 Å². The second-order valence-corrected chi connectivity index (χ2v) is 5.36. The molecule has 0 saturated carbocycles. The van der Waals surface area contributed by atoms with Crippen molar-refractivity contribution in [2.24, 2.45) is 0 Å². The van der Waals surface area contributed by atoms with Gasteiger partial charge in [-0.15, -0.1) is 0 Å². The predicted molar refractivity (Wildman–Crippen MR) is 76.9 cm³/mol. The highest BCUT2D eigenvalue weighted by Gasteiger charge is 2.33. The van der Waals surface area contributed by atoms with Gasteiger partial charge in [0.2, 0.25) is 0 Å². The number of likely N-dealkylation sites (N-methyl/N-ethyl adjacent to an activating group) is 1. The van der Waals surface area contributed by atoms with Crippen LogP contribution in [0.3, 0.4) is 0 Å². The van der Waals surface area contributed by atoms with Crippen molar-refractivity contribution in [3.8, 4) is 0 Å². The lowest BCUT2D eigenvalue weighted by molar-refractivity contribution is 0.1000. The Morgan fingerprint density at radius 2 is 2.14 bits per heavy atom. The minimum Gasteiger partial charge on any atom is -0.388 e. The van der Waals surface area contributed by atoms with Crippen molar-refractivity contribution >= 4 is 11.7 Å². The van der Waals surface area contributed by atoms with E-state index in [1.54, 1.807) is 4.90 Å². The lowest BCUT2D eigenvalue weighted by atomic mass is 10.1. The average Bonchev–Trinajstić information content (AvgIpc) is 3.09. The number of urea groups is 1. The van der Waals surface area contributed by atoms with E-state index in [0.29, 0.717) is 26.4 Å². The molecule has 2 heterocycles. The third-order valence-electron chi connectivity index (χ3n) is 4.00. The van der Waals surface area contributed by atoms with E-state index in [2.05, 4.69) is 5.32 Å². The molecule has 0 aromatic heterocycles. The maximum absolute atomic E-state index is 12.4. The molecule has 2 amide bonds. The molecule has 1 aromatic carbocycles. The summed E-state index contributed by atoms with van der Waals surface area (Å²) in [5.41, 5.74) is 3.02. The summed E-state index contributed by atoms with van der Waals surface area (Å²) < 4.78 is 10.6. The molecular formula is C15H20N2O4. The fourth-order valence-corrected chi connectivity index (χ4v) is 2.80. The highest BCUT2D eigenvalue weighted by Crippen LogP contribution is 2.24. The van der Waals surface area contributed by atoms with Gasteiger partial charge in [-0.2, -0.15) is 0 Å². The summed E-state index contributed by atoms with van der Waals surface area (Å²) in [4.78, 5) is 14.0. The molecule has 2 aliphatic heterocycles. The van der Waals surface area contributed by atoms with E-state index in [1.165, 1.54) is 5.56 Å². The third kappa shape index (κ3) is 2.88. The molecule has 2 aliphatic rings. The van der Waals surface area contributed by atoms with Crippen LogP contribution in [0.1, 0.15) is 18.1 Å². The van der Waals surface area contributed by atoms with Gasteiger partial charge in [0.05, 0.1) is 38.6 Å². The van der Waals surface area contributed by atoms with Gasteiger partial charge in [-0.3, -0.25) is 0 Å². The molecule has 114 valence electrons. The number of ether oxygens (including phenoxy) is 2. The molecule has 6 heteroatoms. The number of nitrogens with one attached hydrogen (secondary N) is 1. The molecule has 2 atom stereocenters. The Kier molecular flexibility index (Phi) is 4.10. The first-order valence-electron chi connectivity index (χ1n) is 7.22. The maximum Gasteiger partial charge on any atom is 0.322 e. The van der Waals surface area contributed by atoms with E-state index in [1.807, 2.05) is 25.1 Å². The number of carbonyl (C=O) groups excluding carboxylic acids is 1. The fourth-order valence-electron chi connectivity index (χ4n) is 2.80. The van der Waals surface area contributed by atoms with Crippen LogP contribution in [-0.4, -0.2) is 47.9 Å². The number of rotatable bonds is 3. The smallest absolute Gasteiger partial charge is 0.322 e. The molecule has 0 bridgehead atoms. The van der Waals surface area contributed by atoms with Crippen molar-refractivity contribution in [3.05, 3.63) is 29.3 Å². The fraction of sp³-hybridized carbons (Fsp3) is 0.533. The van der Waals surface area contributed by atoms with Crippen molar-refractivity contribution in [2.45, 2.75) is 32.3 Å². The van der Waals surface area contributed by atoms with Crippen LogP contribution < -0.4 is 5.32 Å². The van der Waals surface area contributed by atoms with Crippen molar-refractivity contribution in [2.75, 3.05) is 25.1 Å². The highest BCUT2D eigenvalue weighted by molar-refractivity contribution is 5.89. The van der Waals surface area contributed by atoms with Gasteiger partial charge in [0.1, 0.15) is 0 Å². The van der Waals surface area contributed by atoms with Crippen LogP contribution in [0.15, 0.2) is 18.2 Å². The first-order valence-corrected chi connectivity index (χ1v) is 7.22. The van der Waals surface area contributed by atoms with E-state index in [9.17, 15) is 9.90 Å². The molecule has 1 fully saturated rings. The number of fused-ring (bicyclic) bond motifs is 1. The zero-order chi connectivity index (χ0) is 14.8. The first kappa shape index (κ1) is 14.3. The van der Waals surface area contributed by atoms with Crippen LogP contribution in [0.25, 0.3) is 0 Å². The normalized spacial score (nSPS) is 23.9. The lowest BCUT2D eigenvalue weighted by Crippen LogP contribution is -2.48. The molecule has 0 aliphatic carbocycles. The molecule has 0 radical (unpaired) electrons. The summed E-state index contributed by atoms with van der Waals surface area (Å²) in [5, 5.41) is 12.8. The van der Waals surface area contributed by atoms with Crippen molar-refractivity contribution < 1.29 is 19.4 Å². The van der Waals surface area contributed by atoms with Gasteiger partial charge in [-0.25, -0.2) is 4.79 Å². The quantitative estimate of drug-likeness (QED) is 0.881. The van der Waals surface area contributed by atoms with E-state index in [4.69, 9.17) is 9.47 Å². The summed E-state index contributed by atoms with van der Waals surface area (Å²) in [6, 6.07) is 5.29. The van der Waals surface area contributed by atoms with Crippen molar-refractivity contribution in [1.29, 1.82) is 0 Å². The number of aliphatic hydroxyl groups is 1. The first-order chi connectivity index (χ1) is 10.2. The molecule has 2 N–H and O–H groups in total. The molecule has 6 nitrogen and oxygen atoms in total. The zero-order valence-electron chi connectivity index (χ0n) is 12.0. The van der Waals surface area contributed by atoms with Gasteiger partial charge in [0.25, 0.3) is 0 Å². The summed E-state index contributed by atoms with van der Waals surface area (Å²) in [7, 11) is 0. The number of amides is 2. The Morgan fingerprint density at radius 1 is 1.33 bits per heavy atom. The Morgan fingerprint density at radius 3 is 2.86 bits per heavy atom. The summed E-state index contributed by atoms with van der Waals surface area (Å²) in [5.74, 6) is 0. The van der Waals surface area contributed by atoms with Gasteiger partial charge in [-0.1, -0.05) is 6.07 Å². The number of hydrogen-bond acceptors (Lipinski definition) is 4. The van der Waals surface area contributed by atoms with Crippen LogP contribution in [0.5, 0.6) is 0 Å². The zero-order valence-corrected chi connectivity index (χ0v) is 12.0. The number of hydrogen-bond donors (Lipinski definition) is 2. The Labute approximate surface area is 123 Å². The van der Waals surface area contributed by atoms with Gasteiger partial charge in [-0.05, 0) is 30.2 Å². The Balaban J connectivity index is 1.69. The molecule has 0 unspecified atom stereocenters. The van der Waals surface area contributed by atoms with Gasteiger partial charge < -0.3 is 24.8 Å². The molecule has 21 heavy (non-hydrogen) atoms. The third-order valence-corrected chi connectivity index (χ3v) is 4.00. The van der Waals surface area contributed by atoms with Gasteiger partial charge >= 0.3 is 6.03 Å². The van der Waals surface area contributed by atoms with Crippen LogP contribution in [0.2, 0.25) is 0 Å². The molecule has 1 saturated heterocycles. The summed E-state index contributed by atoms with van der Waals surface area (Å²) >= 11 is 0. The number of carbonyl (C=O) groups is 1. The minimum absolute atomic E-state index is 0.217. The largest absolute Gasteiger partial charge is 0.388 e.